The van der Waals surface area contributed by atoms with E-state index in [9.17, 15) is 18.8 Å². The van der Waals surface area contributed by atoms with Crippen molar-refractivity contribution >= 4 is 34.4 Å². The van der Waals surface area contributed by atoms with Crippen molar-refractivity contribution in [2.24, 2.45) is 13.0 Å². The fourth-order valence-electron chi connectivity index (χ4n) is 8.90. The summed E-state index contributed by atoms with van der Waals surface area (Å²) in [7, 11) is 1.73. The Balaban J connectivity index is 0.783. The number of nitrogen functional groups attached to an aromatic ring is 1. The van der Waals surface area contributed by atoms with E-state index in [0.717, 1.165) is 80.7 Å². The molecule has 0 aliphatic carbocycles. The topological polar surface area (TPSA) is 176 Å². The summed E-state index contributed by atoms with van der Waals surface area (Å²) in [6.07, 6.45) is 12.9. The lowest BCUT2D eigenvalue weighted by atomic mass is 9.94. The molecule has 2 aromatic carbocycles. The van der Waals surface area contributed by atoms with Crippen molar-refractivity contribution in [3.05, 3.63) is 95.3 Å². The molecule has 3 aliphatic rings. The van der Waals surface area contributed by atoms with E-state index >= 15 is 0 Å². The van der Waals surface area contributed by atoms with Crippen LogP contribution in [0.3, 0.4) is 0 Å². The number of hydrogen-bond donors (Lipinski definition) is 2. The molecule has 0 spiro atoms. The zero-order valence-corrected chi connectivity index (χ0v) is 33.1. The highest BCUT2D eigenvalue weighted by Crippen LogP contribution is 2.34. The molecular weight excluding hydrogens is 756 g/mol. The molecule has 59 heavy (non-hydrogen) atoms. The third kappa shape index (κ3) is 7.57. The zero-order valence-electron chi connectivity index (χ0n) is 33.1. The Morgan fingerprint density at radius 1 is 0.898 bits per heavy atom. The minimum absolute atomic E-state index is 0.216. The molecule has 7 heterocycles. The molecule has 2 atom stereocenters. The van der Waals surface area contributed by atoms with Crippen molar-refractivity contribution in [2.75, 3.05) is 43.4 Å². The number of nitrogens with one attached hydrogen (secondary N) is 1. The van der Waals surface area contributed by atoms with E-state index in [0.29, 0.717) is 34.9 Å². The molecule has 0 saturated carbocycles. The third-order valence-electron chi connectivity index (χ3n) is 12.2. The van der Waals surface area contributed by atoms with E-state index in [-0.39, 0.29) is 29.9 Å². The Morgan fingerprint density at radius 3 is 2.44 bits per heavy atom. The number of fused-ring (bicyclic) bond motifs is 1. The lowest BCUT2D eigenvalue weighted by Crippen LogP contribution is -2.44. The zero-order chi connectivity index (χ0) is 40.8. The Kier molecular flexibility index (Phi) is 10.2. The number of aromatic nitrogens is 8. The molecule has 3 N–H and O–H groups in total. The number of carbonyl (C=O) groups is 2. The maximum absolute atomic E-state index is 14.3. The number of imide groups is 1. The number of carbonyl (C=O) groups excluding carboxylic acids is 2. The number of ether oxygens (including phenoxy) is 1. The number of rotatable bonds is 10. The fourth-order valence-corrected chi connectivity index (χ4v) is 8.90. The summed E-state index contributed by atoms with van der Waals surface area (Å²) in [5, 5.41) is 15.5. The lowest BCUT2D eigenvalue weighted by molar-refractivity contribution is -0.135. The Morgan fingerprint density at radius 2 is 1.68 bits per heavy atom. The van der Waals surface area contributed by atoms with Gasteiger partial charge in [0.25, 0.3) is 0 Å². The van der Waals surface area contributed by atoms with Gasteiger partial charge in [-0.25, -0.2) is 14.2 Å². The first-order valence-electron chi connectivity index (χ1n) is 20.2. The smallest absolute Gasteiger partial charge is 0.329 e. The molecule has 306 valence electrons. The van der Waals surface area contributed by atoms with Crippen LogP contribution in [0.4, 0.5) is 15.9 Å². The molecule has 0 bridgehead atoms. The molecule has 6 aromatic rings. The van der Waals surface area contributed by atoms with Gasteiger partial charge < -0.3 is 20.3 Å². The van der Waals surface area contributed by atoms with E-state index in [1.807, 2.05) is 37.4 Å². The summed E-state index contributed by atoms with van der Waals surface area (Å²) in [6.45, 7) is 6.77. The maximum atomic E-state index is 14.3. The van der Waals surface area contributed by atoms with Crippen LogP contribution in [0.2, 0.25) is 0 Å². The highest BCUT2D eigenvalue weighted by molar-refractivity contribution is 6.00. The number of halogens is 1. The van der Waals surface area contributed by atoms with E-state index in [1.165, 1.54) is 21.5 Å². The Bertz CT molecular complexity index is 2570. The number of pyridine rings is 1. The summed E-state index contributed by atoms with van der Waals surface area (Å²) < 4.78 is 25.8. The predicted molar refractivity (Wildman–Crippen MR) is 218 cm³/mol. The van der Waals surface area contributed by atoms with Gasteiger partial charge in [0.2, 0.25) is 11.8 Å². The molecule has 2 amide bonds. The summed E-state index contributed by atoms with van der Waals surface area (Å²) in [6, 6.07) is 11.9. The van der Waals surface area contributed by atoms with Crippen LogP contribution in [0, 0.1) is 11.7 Å². The van der Waals surface area contributed by atoms with Crippen LogP contribution in [0.5, 0.6) is 5.75 Å². The van der Waals surface area contributed by atoms with Gasteiger partial charge in [-0.1, -0.05) is 0 Å². The fraction of sp³-hybridized carbons (Fsp3) is 0.405. The van der Waals surface area contributed by atoms with Crippen molar-refractivity contribution in [3.63, 3.8) is 0 Å². The number of benzene rings is 2. The van der Waals surface area contributed by atoms with Gasteiger partial charge in [-0.3, -0.25) is 28.7 Å². The normalized spacial score (nSPS) is 19.0. The first kappa shape index (κ1) is 38.2. The van der Waals surface area contributed by atoms with Crippen LogP contribution < -0.4 is 26.4 Å². The molecular formula is C42H47FN12O4. The molecule has 3 fully saturated rings. The minimum atomic E-state index is -0.693. The summed E-state index contributed by atoms with van der Waals surface area (Å²) in [5.41, 5.74) is 11.5. The highest BCUT2D eigenvalue weighted by Gasteiger charge is 2.32. The number of nitrogens with two attached hydrogens (primary N) is 1. The maximum Gasteiger partial charge on any atom is 0.329 e. The standard InChI is InChI=1S/C42H47FN12O4/c1-26(33-20-30(43)3-5-34(33)55-46-13-14-47-55)59-38-19-28(22-45-40(38)44)29-23-48-53(25-29)31-11-15-51(16-12-31)24-27-9-17-52(18-10-27)32-4-6-35-37(21-32)50(2)42(58)54(35)36-7-8-39(56)49-41(36)57/h3-6,13-14,19-23,25-27,31,36H,7-12,15-18,24H2,1-2H3,(H2,44,45)(H,49,56,57)/t26-,36?/m1/s1. The number of hydrogen-bond acceptors (Lipinski definition) is 11. The molecule has 4 aromatic heterocycles. The van der Waals surface area contributed by atoms with Gasteiger partial charge >= 0.3 is 5.69 Å². The largest absolute Gasteiger partial charge is 0.482 e. The Hall–Kier alpha value is -6.36. The SMILES string of the molecule is C[C@@H](Oc1cc(-c2cnn(C3CCN(CC4CCN(c5ccc6c(c5)n(C)c(=O)n6C5CCC(=O)NC5=O)CC4)CC3)c2)cnc1N)c1cc(F)ccc1-n1nccn1. The highest BCUT2D eigenvalue weighted by atomic mass is 19.1. The van der Waals surface area contributed by atoms with Crippen molar-refractivity contribution in [1.82, 2.24) is 49.1 Å². The van der Waals surface area contributed by atoms with Gasteiger partial charge in [0.05, 0.1) is 41.4 Å². The number of nitrogens with zero attached hydrogens (tertiary/aromatic N) is 10. The summed E-state index contributed by atoms with van der Waals surface area (Å²) >= 11 is 0. The minimum Gasteiger partial charge on any atom is -0.482 e. The summed E-state index contributed by atoms with van der Waals surface area (Å²) in [4.78, 5) is 48.4. The van der Waals surface area contributed by atoms with Crippen molar-refractivity contribution in [1.29, 1.82) is 0 Å². The van der Waals surface area contributed by atoms with Gasteiger partial charge in [0.1, 0.15) is 18.0 Å². The quantitative estimate of drug-likeness (QED) is 0.186. The molecule has 1 unspecified atom stereocenters. The second-order valence-electron chi connectivity index (χ2n) is 15.9. The van der Waals surface area contributed by atoms with Crippen LogP contribution in [0.15, 0.2) is 78.2 Å². The molecule has 9 rings (SSSR count). The first-order chi connectivity index (χ1) is 28.6. The van der Waals surface area contributed by atoms with Gasteiger partial charge in [-0.2, -0.15) is 20.1 Å². The average Bonchev–Trinajstić information content (AvgIpc) is 4.01. The van der Waals surface area contributed by atoms with Crippen molar-refractivity contribution < 1.29 is 18.7 Å². The predicted octanol–water partition coefficient (Wildman–Crippen LogP) is 4.57. The van der Waals surface area contributed by atoms with E-state index in [2.05, 4.69) is 41.2 Å². The van der Waals surface area contributed by atoms with Crippen molar-refractivity contribution in [2.45, 2.75) is 63.6 Å². The van der Waals surface area contributed by atoms with E-state index in [4.69, 9.17) is 15.6 Å². The Labute approximate surface area is 339 Å². The number of piperidine rings is 3. The van der Waals surface area contributed by atoms with Crippen LogP contribution in [-0.2, 0) is 16.6 Å². The molecule has 3 aliphatic heterocycles. The van der Waals surface area contributed by atoms with Crippen LogP contribution >= 0.6 is 0 Å². The van der Waals surface area contributed by atoms with Crippen LogP contribution in [0.1, 0.15) is 69.2 Å². The second-order valence-corrected chi connectivity index (χ2v) is 15.9. The first-order valence-corrected chi connectivity index (χ1v) is 20.2. The van der Waals surface area contributed by atoms with E-state index in [1.54, 1.807) is 36.3 Å². The molecule has 3 saturated heterocycles. The lowest BCUT2D eigenvalue weighted by Gasteiger charge is -2.38. The van der Waals surface area contributed by atoms with Gasteiger partial charge in [-0.05, 0) is 87.4 Å². The number of likely N-dealkylation sites (tertiary alicyclic amines) is 1. The number of amides is 2. The molecule has 0 radical (unpaired) electrons. The van der Waals surface area contributed by atoms with Crippen LogP contribution in [-0.4, -0.2) is 88.3 Å². The van der Waals surface area contributed by atoms with Gasteiger partial charge in [0.15, 0.2) is 11.6 Å². The summed E-state index contributed by atoms with van der Waals surface area (Å²) in [5.74, 6) is 0.107. The second kappa shape index (κ2) is 15.8. The number of imidazole rings is 1. The number of anilines is 2. The van der Waals surface area contributed by atoms with Crippen LogP contribution in [0.25, 0.3) is 27.8 Å². The third-order valence-corrected chi connectivity index (χ3v) is 12.2. The average molecular weight is 803 g/mol. The monoisotopic (exact) mass is 802 g/mol. The van der Waals surface area contributed by atoms with Gasteiger partial charge in [0, 0.05) is 81.0 Å². The molecule has 16 nitrogen and oxygen atoms in total. The van der Waals surface area contributed by atoms with Crippen molar-refractivity contribution in [3.8, 4) is 22.6 Å². The number of aryl methyl sites for hydroxylation is 1. The molecule has 17 heteroatoms. The van der Waals surface area contributed by atoms with Gasteiger partial charge in [-0.15, -0.1) is 0 Å². The van der Waals surface area contributed by atoms with E-state index < -0.39 is 23.9 Å².